The van der Waals surface area contributed by atoms with Crippen LogP contribution >= 0.6 is 0 Å². The quantitative estimate of drug-likeness (QED) is 0.550. The Morgan fingerprint density at radius 1 is 0.963 bits per heavy atom. The van der Waals surface area contributed by atoms with Gasteiger partial charge in [-0.05, 0) is 91.5 Å². The molecule has 0 aromatic heterocycles. The van der Waals surface area contributed by atoms with Gasteiger partial charge in [0.2, 0.25) is 0 Å². The Kier molecular flexibility index (Phi) is 5.12. The van der Waals surface area contributed by atoms with E-state index in [1.807, 2.05) is 18.2 Å². The summed E-state index contributed by atoms with van der Waals surface area (Å²) >= 11 is 0. The summed E-state index contributed by atoms with van der Waals surface area (Å²) in [5, 5.41) is 8.92. The zero-order valence-electron chi connectivity index (χ0n) is 15.7. The molecule has 2 aliphatic rings. The smallest absolute Gasteiger partial charge is 0.131 e. The van der Waals surface area contributed by atoms with E-state index in [2.05, 4.69) is 24.8 Å². The lowest BCUT2D eigenvalue weighted by Gasteiger charge is -2.41. The Labute approximate surface area is 161 Å². The van der Waals surface area contributed by atoms with Crippen LogP contribution < -0.4 is 0 Å². The molecule has 2 heteroatoms. The van der Waals surface area contributed by atoms with Crippen LogP contribution in [-0.2, 0) is 0 Å². The topological polar surface area (TPSA) is 23.8 Å². The molecular weight excluding hydrogens is 333 g/mol. The summed E-state index contributed by atoms with van der Waals surface area (Å²) in [6.07, 6.45) is 9.63. The number of allylic oxidation sites excluding steroid dienone is 1. The molecule has 4 unspecified atom stereocenters. The molecule has 0 heterocycles. The van der Waals surface area contributed by atoms with E-state index in [-0.39, 0.29) is 5.82 Å². The molecule has 2 saturated carbocycles. The predicted molar refractivity (Wildman–Crippen MR) is 108 cm³/mol. The SMILES string of the molecule is C=CC1CCC2CC(c3ccc(-c4ccc(C#N)cc4)c(F)c3)CCC2C1. The lowest BCUT2D eigenvalue weighted by Crippen LogP contribution is -2.29. The van der Waals surface area contributed by atoms with E-state index in [0.717, 1.165) is 23.0 Å². The van der Waals surface area contributed by atoms with E-state index in [1.54, 1.807) is 18.2 Å². The van der Waals surface area contributed by atoms with Crippen LogP contribution in [0.1, 0.15) is 55.6 Å². The Balaban J connectivity index is 1.49. The van der Waals surface area contributed by atoms with Crippen LogP contribution in [-0.4, -0.2) is 0 Å². The molecular formula is C25H26FN. The molecule has 4 rings (SSSR count). The number of nitrogens with zero attached hydrogens (tertiary/aromatic N) is 1. The fraction of sp³-hybridized carbons (Fsp3) is 0.400. The first-order chi connectivity index (χ1) is 13.2. The van der Waals surface area contributed by atoms with Crippen molar-refractivity contribution in [1.82, 2.24) is 0 Å². The van der Waals surface area contributed by atoms with Gasteiger partial charge in [-0.15, -0.1) is 6.58 Å². The zero-order valence-corrected chi connectivity index (χ0v) is 15.7. The van der Waals surface area contributed by atoms with E-state index in [9.17, 15) is 4.39 Å². The van der Waals surface area contributed by atoms with E-state index < -0.39 is 0 Å². The molecule has 27 heavy (non-hydrogen) atoms. The molecule has 0 aliphatic heterocycles. The third-order valence-electron chi connectivity index (χ3n) is 6.78. The minimum absolute atomic E-state index is 0.158. The molecule has 2 aromatic rings. The van der Waals surface area contributed by atoms with Crippen molar-refractivity contribution in [3.05, 3.63) is 72.1 Å². The third-order valence-corrected chi connectivity index (χ3v) is 6.78. The molecule has 0 bridgehead atoms. The summed E-state index contributed by atoms with van der Waals surface area (Å²) in [4.78, 5) is 0. The van der Waals surface area contributed by atoms with Gasteiger partial charge in [-0.2, -0.15) is 5.26 Å². The van der Waals surface area contributed by atoms with Gasteiger partial charge in [0.25, 0.3) is 0 Å². The van der Waals surface area contributed by atoms with Crippen molar-refractivity contribution in [3.8, 4) is 17.2 Å². The number of fused-ring (bicyclic) bond motifs is 1. The van der Waals surface area contributed by atoms with Crippen molar-refractivity contribution in [2.45, 2.75) is 44.4 Å². The molecule has 138 valence electrons. The Bertz CT molecular complexity index is 861. The second-order valence-electron chi connectivity index (χ2n) is 8.27. The lowest BCUT2D eigenvalue weighted by molar-refractivity contribution is 0.133. The largest absolute Gasteiger partial charge is 0.206 e. The average molecular weight is 359 g/mol. The van der Waals surface area contributed by atoms with Crippen molar-refractivity contribution >= 4 is 0 Å². The van der Waals surface area contributed by atoms with Crippen molar-refractivity contribution < 1.29 is 4.39 Å². The fourth-order valence-electron chi connectivity index (χ4n) is 5.19. The summed E-state index contributed by atoms with van der Waals surface area (Å²) in [6, 6.07) is 15.0. The highest BCUT2D eigenvalue weighted by atomic mass is 19.1. The van der Waals surface area contributed by atoms with Gasteiger partial charge in [0.15, 0.2) is 0 Å². The summed E-state index contributed by atoms with van der Waals surface area (Å²) in [7, 11) is 0. The standard InChI is InChI=1S/C25H26FN/c1-2-17-3-8-21-14-22(10-9-20(21)13-17)23-11-12-24(25(26)15-23)19-6-4-18(16-27)5-7-19/h2,4-7,11-12,15,17,20-22H,1,3,8-10,13-14H2. The van der Waals surface area contributed by atoms with Gasteiger partial charge in [0, 0.05) is 5.56 Å². The molecule has 4 atom stereocenters. The second-order valence-corrected chi connectivity index (χ2v) is 8.27. The first-order valence-electron chi connectivity index (χ1n) is 10.1. The van der Waals surface area contributed by atoms with Gasteiger partial charge in [-0.1, -0.05) is 30.3 Å². The second kappa shape index (κ2) is 7.69. The van der Waals surface area contributed by atoms with Crippen LogP contribution in [0.25, 0.3) is 11.1 Å². The number of rotatable bonds is 3. The molecule has 0 amide bonds. The number of hydrogen-bond donors (Lipinski definition) is 0. The third kappa shape index (κ3) is 3.69. The summed E-state index contributed by atoms with van der Waals surface area (Å²) in [6.45, 7) is 3.98. The Hall–Kier alpha value is -2.40. The van der Waals surface area contributed by atoms with Gasteiger partial charge in [0.1, 0.15) is 5.82 Å². The molecule has 0 spiro atoms. The number of nitriles is 1. The molecule has 1 nitrogen and oxygen atoms in total. The van der Waals surface area contributed by atoms with Crippen LogP contribution in [0.4, 0.5) is 4.39 Å². The van der Waals surface area contributed by atoms with Crippen LogP contribution in [0.5, 0.6) is 0 Å². The van der Waals surface area contributed by atoms with Crippen LogP contribution in [0.2, 0.25) is 0 Å². The van der Waals surface area contributed by atoms with Crippen LogP contribution in [0.3, 0.4) is 0 Å². The van der Waals surface area contributed by atoms with E-state index >= 15 is 0 Å². The van der Waals surface area contributed by atoms with Gasteiger partial charge >= 0.3 is 0 Å². The van der Waals surface area contributed by atoms with Crippen molar-refractivity contribution in [1.29, 1.82) is 5.26 Å². The highest BCUT2D eigenvalue weighted by Gasteiger charge is 2.35. The summed E-state index contributed by atoms with van der Waals surface area (Å²) < 4.78 is 14.8. The van der Waals surface area contributed by atoms with Gasteiger partial charge in [0.05, 0.1) is 11.6 Å². The van der Waals surface area contributed by atoms with Gasteiger partial charge in [-0.25, -0.2) is 4.39 Å². The Morgan fingerprint density at radius 2 is 1.70 bits per heavy atom. The monoisotopic (exact) mass is 359 g/mol. The minimum Gasteiger partial charge on any atom is -0.206 e. The van der Waals surface area contributed by atoms with E-state index in [0.29, 0.717) is 23.0 Å². The highest BCUT2D eigenvalue weighted by Crippen LogP contribution is 2.48. The maximum absolute atomic E-state index is 14.8. The number of hydrogen-bond acceptors (Lipinski definition) is 1. The van der Waals surface area contributed by atoms with E-state index in [1.165, 1.54) is 38.5 Å². The normalized spacial score (nSPS) is 27.4. The molecule has 0 radical (unpaired) electrons. The first-order valence-corrected chi connectivity index (χ1v) is 10.1. The Morgan fingerprint density at radius 3 is 2.41 bits per heavy atom. The van der Waals surface area contributed by atoms with Crippen LogP contribution in [0.15, 0.2) is 55.1 Å². The maximum Gasteiger partial charge on any atom is 0.131 e. The average Bonchev–Trinajstić information content (AvgIpc) is 2.73. The lowest BCUT2D eigenvalue weighted by atomic mass is 9.64. The molecule has 2 aromatic carbocycles. The highest BCUT2D eigenvalue weighted by molar-refractivity contribution is 5.65. The van der Waals surface area contributed by atoms with Gasteiger partial charge < -0.3 is 0 Å². The predicted octanol–water partition coefficient (Wildman–Crippen LogP) is 6.85. The van der Waals surface area contributed by atoms with Crippen molar-refractivity contribution in [2.24, 2.45) is 17.8 Å². The van der Waals surface area contributed by atoms with E-state index in [4.69, 9.17) is 5.26 Å². The molecule has 2 fully saturated rings. The van der Waals surface area contributed by atoms with Crippen molar-refractivity contribution in [2.75, 3.05) is 0 Å². The fourth-order valence-corrected chi connectivity index (χ4v) is 5.19. The maximum atomic E-state index is 14.8. The van der Waals surface area contributed by atoms with Gasteiger partial charge in [-0.3, -0.25) is 0 Å². The number of benzene rings is 2. The molecule has 0 saturated heterocycles. The molecule has 0 N–H and O–H groups in total. The summed E-state index contributed by atoms with van der Waals surface area (Å²) in [5.74, 6) is 2.65. The minimum atomic E-state index is -0.158. The van der Waals surface area contributed by atoms with Crippen LogP contribution in [0, 0.1) is 34.9 Å². The number of halogens is 1. The first kappa shape index (κ1) is 18.0. The van der Waals surface area contributed by atoms with Crippen molar-refractivity contribution in [3.63, 3.8) is 0 Å². The summed E-state index contributed by atoms with van der Waals surface area (Å²) in [5.41, 5.74) is 3.18. The zero-order chi connectivity index (χ0) is 18.8. The molecule has 2 aliphatic carbocycles.